The van der Waals surface area contributed by atoms with E-state index in [2.05, 4.69) is 41.3 Å². The number of amides is 3. The highest BCUT2D eigenvalue weighted by molar-refractivity contribution is 6.14. The summed E-state index contributed by atoms with van der Waals surface area (Å²) in [5.74, 6) is -0.206. The van der Waals surface area contributed by atoms with Gasteiger partial charge in [0.2, 0.25) is 17.8 Å². The van der Waals surface area contributed by atoms with Crippen molar-refractivity contribution in [3.63, 3.8) is 0 Å². The molecule has 36 heavy (non-hydrogen) atoms. The molecule has 180 valence electrons. The van der Waals surface area contributed by atoms with Crippen molar-refractivity contribution in [2.45, 2.75) is 25.4 Å². The van der Waals surface area contributed by atoms with E-state index in [4.69, 9.17) is 0 Å². The Morgan fingerprint density at radius 2 is 2.00 bits per heavy atom. The standard InChI is InChI=1S/C24H20FN9O2/c25-19-10-13(7-8-26-19)17-4-2-1-3-14(17)11-27-22-31-20-15(9-18-21(35)32-24(36)30-18)12-28-34(20)23(33-22)29-16-5-6-16/h1-4,7-10,12,16H,5-6,11H2,(H2,27,29,31,33)(H2,30,32,35,36)/b18-9-. The molecule has 0 unspecified atom stereocenters. The van der Waals surface area contributed by atoms with E-state index in [0.29, 0.717) is 41.3 Å². The van der Waals surface area contributed by atoms with Crippen molar-refractivity contribution < 1.29 is 14.0 Å². The van der Waals surface area contributed by atoms with E-state index in [1.54, 1.807) is 16.8 Å². The van der Waals surface area contributed by atoms with E-state index in [1.165, 1.54) is 18.3 Å². The number of rotatable bonds is 7. The number of carbonyl (C=O) groups excluding carboxylic acids is 2. The molecule has 2 aliphatic rings. The maximum Gasteiger partial charge on any atom is 0.326 e. The van der Waals surface area contributed by atoms with Crippen molar-refractivity contribution in [1.82, 2.24) is 35.2 Å². The Balaban J connectivity index is 1.34. The molecule has 3 amide bonds. The van der Waals surface area contributed by atoms with Gasteiger partial charge in [0.15, 0.2) is 5.65 Å². The Hall–Kier alpha value is -4.87. The molecule has 2 fully saturated rings. The van der Waals surface area contributed by atoms with Gasteiger partial charge in [-0.15, -0.1) is 0 Å². The minimum atomic E-state index is -0.580. The number of hydrogen-bond acceptors (Lipinski definition) is 8. The maximum atomic E-state index is 13.7. The Morgan fingerprint density at radius 3 is 2.78 bits per heavy atom. The van der Waals surface area contributed by atoms with E-state index in [1.807, 2.05) is 24.3 Å². The van der Waals surface area contributed by atoms with E-state index in [9.17, 15) is 14.0 Å². The second-order valence-corrected chi connectivity index (χ2v) is 8.47. The van der Waals surface area contributed by atoms with Gasteiger partial charge < -0.3 is 16.0 Å². The molecule has 1 saturated carbocycles. The average Bonchev–Trinajstić information content (AvgIpc) is 3.51. The van der Waals surface area contributed by atoms with Gasteiger partial charge in [-0.05, 0) is 41.7 Å². The number of hydrogen-bond donors (Lipinski definition) is 4. The first-order valence-electron chi connectivity index (χ1n) is 11.3. The molecule has 1 aliphatic carbocycles. The Morgan fingerprint density at radius 1 is 1.14 bits per heavy atom. The lowest BCUT2D eigenvalue weighted by Gasteiger charge is -2.13. The monoisotopic (exact) mass is 485 g/mol. The van der Waals surface area contributed by atoms with E-state index in [0.717, 1.165) is 24.0 Å². The summed E-state index contributed by atoms with van der Waals surface area (Å²) in [6.07, 6.45) is 6.59. The number of anilines is 2. The van der Waals surface area contributed by atoms with Crippen molar-refractivity contribution in [2.24, 2.45) is 0 Å². The van der Waals surface area contributed by atoms with Crippen LogP contribution in [0.2, 0.25) is 0 Å². The molecule has 12 heteroatoms. The van der Waals surface area contributed by atoms with Crippen LogP contribution in [0.5, 0.6) is 0 Å². The molecule has 4 aromatic rings. The Bertz CT molecular complexity index is 1540. The molecule has 4 heterocycles. The van der Waals surface area contributed by atoms with Crippen LogP contribution in [0.3, 0.4) is 0 Å². The van der Waals surface area contributed by atoms with Crippen molar-refractivity contribution in [3.8, 4) is 11.1 Å². The molecule has 6 rings (SSSR count). The van der Waals surface area contributed by atoms with Crippen LogP contribution in [0, 0.1) is 5.95 Å². The number of carbonyl (C=O) groups is 2. The summed E-state index contributed by atoms with van der Waals surface area (Å²) in [4.78, 5) is 36.3. The topological polar surface area (TPSA) is 138 Å². The highest BCUT2D eigenvalue weighted by atomic mass is 19.1. The lowest BCUT2D eigenvalue weighted by atomic mass is 10.0. The quantitative estimate of drug-likeness (QED) is 0.178. The van der Waals surface area contributed by atoms with Gasteiger partial charge in [0, 0.05) is 30.4 Å². The molecule has 4 N–H and O–H groups in total. The number of nitrogens with zero attached hydrogens (tertiary/aromatic N) is 5. The number of imide groups is 1. The summed E-state index contributed by atoms with van der Waals surface area (Å²) in [6, 6.07) is 10.5. The van der Waals surface area contributed by atoms with Gasteiger partial charge in [0.05, 0.1) is 6.20 Å². The highest BCUT2D eigenvalue weighted by Crippen LogP contribution is 2.27. The zero-order chi connectivity index (χ0) is 24.6. The predicted molar refractivity (Wildman–Crippen MR) is 129 cm³/mol. The third-order valence-corrected chi connectivity index (χ3v) is 5.82. The molecule has 1 aromatic carbocycles. The van der Waals surface area contributed by atoms with Crippen LogP contribution < -0.4 is 21.3 Å². The average molecular weight is 485 g/mol. The number of nitrogens with one attached hydrogen (secondary N) is 4. The number of halogens is 1. The Kier molecular flexibility index (Phi) is 5.25. The summed E-state index contributed by atoms with van der Waals surface area (Å²) in [7, 11) is 0. The van der Waals surface area contributed by atoms with Crippen molar-refractivity contribution in [1.29, 1.82) is 0 Å². The second kappa shape index (κ2) is 8.73. The lowest BCUT2D eigenvalue weighted by Crippen LogP contribution is -2.22. The first kappa shape index (κ1) is 21.6. The number of urea groups is 1. The molecule has 0 radical (unpaired) electrons. The van der Waals surface area contributed by atoms with Gasteiger partial charge in [-0.3, -0.25) is 10.1 Å². The number of aromatic nitrogens is 5. The van der Waals surface area contributed by atoms with Crippen LogP contribution in [0.1, 0.15) is 24.0 Å². The number of fused-ring (bicyclic) bond motifs is 1. The number of benzene rings is 1. The fraction of sp³-hybridized carbons (Fsp3) is 0.167. The smallest absolute Gasteiger partial charge is 0.326 e. The molecule has 0 spiro atoms. The van der Waals surface area contributed by atoms with Crippen molar-refractivity contribution in [2.75, 3.05) is 10.6 Å². The minimum absolute atomic E-state index is 0.109. The van der Waals surface area contributed by atoms with Crippen LogP contribution in [-0.2, 0) is 11.3 Å². The third kappa shape index (κ3) is 4.31. The predicted octanol–water partition coefficient (Wildman–Crippen LogP) is 2.69. The summed E-state index contributed by atoms with van der Waals surface area (Å²) in [5.41, 5.74) is 3.61. The summed E-state index contributed by atoms with van der Waals surface area (Å²) in [6.45, 7) is 0.377. The molecule has 0 bridgehead atoms. The second-order valence-electron chi connectivity index (χ2n) is 8.47. The lowest BCUT2D eigenvalue weighted by molar-refractivity contribution is -0.115. The van der Waals surface area contributed by atoms with E-state index in [-0.39, 0.29) is 5.70 Å². The summed E-state index contributed by atoms with van der Waals surface area (Å²) < 4.78 is 15.3. The first-order valence-corrected chi connectivity index (χ1v) is 11.3. The van der Waals surface area contributed by atoms with Crippen LogP contribution >= 0.6 is 0 Å². The van der Waals surface area contributed by atoms with Crippen molar-refractivity contribution in [3.05, 3.63) is 71.6 Å². The van der Waals surface area contributed by atoms with Gasteiger partial charge in [-0.1, -0.05) is 24.3 Å². The van der Waals surface area contributed by atoms with Crippen LogP contribution in [-0.4, -0.2) is 42.5 Å². The maximum absolute atomic E-state index is 13.7. The molecular weight excluding hydrogens is 465 g/mol. The molecular formula is C24H20FN9O2. The normalized spacial score (nSPS) is 16.3. The zero-order valence-corrected chi connectivity index (χ0v) is 18.8. The highest BCUT2D eigenvalue weighted by Gasteiger charge is 2.26. The largest absolute Gasteiger partial charge is 0.351 e. The zero-order valence-electron chi connectivity index (χ0n) is 18.8. The van der Waals surface area contributed by atoms with E-state index < -0.39 is 17.9 Å². The molecule has 1 saturated heterocycles. The van der Waals surface area contributed by atoms with Gasteiger partial charge in [-0.25, -0.2) is 9.78 Å². The minimum Gasteiger partial charge on any atom is -0.351 e. The first-order chi connectivity index (χ1) is 17.5. The fourth-order valence-electron chi connectivity index (χ4n) is 3.92. The SMILES string of the molecule is O=C1NC(=O)/C(=C/c2cnn3c(NC4CC4)nc(NCc4ccccc4-c4ccnc(F)c4)nc23)N1. The van der Waals surface area contributed by atoms with Gasteiger partial charge in [-0.2, -0.15) is 24.0 Å². The molecule has 1 aliphatic heterocycles. The van der Waals surface area contributed by atoms with E-state index >= 15 is 0 Å². The third-order valence-electron chi connectivity index (χ3n) is 5.82. The summed E-state index contributed by atoms with van der Waals surface area (Å²) in [5, 5.41) is 15.6. The Labute approximate surface area is 203 Å². The molecule has 3 aromatic heterocycles. The van der Waals surface area contributed by atoms with Gasteiger partial charge in [0.25, 0.3) is 5.91 Å². The fourth-order valence-corrected chi connectivity index (χ4v) is 3.92. The van der Waals surface area contributed by atoms with Crippen molar-refractivity contribution >= 4 is 35.6 Å². The number of pyridine rings is 1. The molecule has 11 nitrogen and oxygen atoms in total. The van der Waals surface area contributed by atoms with Gasteiger partial charge >= 0.3 is 6.03 Å². The van der Waals surface area contributed by atoms with Gasteiger partial charge in [0.1, 0.15) is 5.70 Å². The summed E-state index contributed by atoms with van der Waals surface area (Å²) >= 11 is 0. The van der Waals surface area contributed by atoms with Crippen LogP contribution in [0.15, 0.2) is 54.5 Å². The van der Waals surface area contributed by atoms with Crippen LogP contribution in [0.25, 0.3) is 22.9 Å². The van der Waals surface area contributed by atoms with Crippen LogP contribution in [0.4, 0.5) is 21.1 Å². The molecule has 0 atom stereocenters.